The minimum absolute atomic E-state index is 0.0229. The first-order valence-corrected chi connectivity index (χ1v) is 12.5. The molecule has 0 aromatic carbocycles. The van der Waals surface area contributed by atoms with Gasteiger partial charge in [0, 0.05) is 63.2 Å². The summed E-state index contributed by atoms with van der Waals surface area (Å²) in [5.41, 5.74) is 1.28. The molecule has 1 aromatic heterocycles. The number of carbonyl (C=O) groups excluding carboxylic acids is 2. The fourth-order valence-electron chi connectivity index (χ4n) is 5.63. The molecule has 2 atom stereocenters. The lowest BCUT2D eigenvalue weighted by Gasteiger charge is -2.36. The molecule has 3 aliphatic heterocycles. The molecule has 4 heterocycles. The van der Waals surface area contributed by atoms with Gasteiger partial charge in [0.25, 0.3) is 5.91 Å². The summed E-state index contributed by atoms with van der Waals surface area (Å²) >= 11 is 0. The number of halogens is 1. The summed E-state index contributed by atoms with van der Waals surface area (Å²) in [5, 5.41) is 9.70. The van der Waals surface area contributed by atoms with Gasteiger partial charge >= 0.3 is 0 Å². The van der Waals surface area contributed by atoms with Gasteiger partial charge in [0.1, 0.15) is 17.3 Å². The largest absolute Gasteiger partial charge is 0.505 e. The van der Waals surface area contributed by atoms with Crippen molar-refractivity contribution >= 4 is 23.6 Å². The first-order valence-electron chi connectivity index (χ1n) is 12.5. The number of hydrogen-bond donors (Lipinski definition) is 1. The number of nitrogens with zero attached hydrogens (tertiary/aromatic N) is 6. The van der Waals surface area contributed by atoms with Crippen LogP contribution in [-0.4, -0.2) is 81.5 Å². The molecule has 5 rings (SSSR count). The SMILES string of the molecule is CC(=O)N1CCN(c2nc3c(c(N4CCC[C@@H]4C4C=C(F)C(O)=CC4)n2)CN(C(C)C)C3=O)CC1. The Bertz CT molecular complexity index is 1090. The van der Waals surface area contributed by atoms with Crippen LogP contribution in [0.1, 0.15) is 56.1 Å². The second-order valence-corrected chi connectivity index (χ2v) is 10.1. The Labute approximate surface area is 204 Å². The molecule has 0 saturated carbocycles. The van der Waals surface area contributed by atoms with E-state index in [0.717, 1.165) is 30.8 Å². The molecule has 2 saturated heterocycles. The van der Waals surface area contributed by atoms with E-state index in [4.69, 9.17) is 9.97 Å². The van der Waals surface area contributed by atoms with Crippen molar-refractivity contribution in [3.05, 3.63) is 35.0 Å². The number of aliphatic hydroxyl groups is 1. The van der Waals surface area contributed by atoms with E-state index in [1.165, 1.54) is 6.08 Å². The summed E-state index contributed by atoms with van der Waals surface area (Å²) in [5.74, 6) is 0.273. The van der Waals surface area contributed by atoms with Crippen LogP contribution < -0.4 is 9.80 Å². The summed E-state index contributed by atoms with van der Waals surface area (Å²) < 4.78 is 14.2. The van der Waals surface area contributed by atoms with Gasteiger partial charge in [-0.3, -0.25) is 9.59 Å². The molecule has 0 spiro atoms. The van der Waals surface area contributed by atoms with E-state index >= 15 is 0 Å². The Morgan fingerprint density at radius 1 is 1.17 bits per heavy atom. The zero-order valence-electron chi connectivity index (χ0n) is 20.6. The van der Waals surface area contributed by atoms with Crippen molar-refractivity contribution in [2.75, 3.05) is 42.5 Å². The van der Waals surface area contributed by atoms with E-state index in [1.54, 1.807) is 17.9 Å². The van der Waals surface area contributed by atoms with Crippen molar-refractivity contribution in [3.8, 4) is 0 Å². The summed E-state index contributed by atoms with van der Waals surface area (Å²) in [7, 11) is 0. The molecule has 1 N–H and O–H groups in total. The van der Waals surface area contributed by atoms with E-state index in [-0.39, 0.29) is 35.6 Å². The highest BCUT2D eigenvalue weighted by atomic mass is 19.1. The van der Waals surface area contributed by atoms with Crippen molar-refractivity contribution in [2.24, 2.45) is 5.92 Å². The molecule has 188 valence electrons. The minimum Gasteiger partial charge on any atom is -0.505 e. The first-order chi connectivity index (χ1) is 16.7. The zero-order valence-corrected chi connectivity index (χ0v) is 20.6. The highest BCUT2D eigenvalue weighted by Crippen LogP contribution is 2.39. The van der Waals surface area contributed by atoms with E-state index < -0.39 is 5.83 Å². The lowest BCUT2D eigenvalue weighted by Crippen LogP contribution is -2.48. The van der Waals surface area contributed by atoms with Crippen molar-refractivity contribution in [3.63, 3.8) is 0 Å². The van der Waals surface area contributed by atoms with Gasteiger partial charge in [0.2, 0.25) is 11.9 Å². The van der Waals surface area contributed by atoms with Gasteiger partial charge in [-0.25, -0.2) is 9.37 Å². The Balaban J connectivity index is 1.51. The van der Waals surface area contributed by atoms with Crippen LogP contribution in [0.5, 0.6) is 0 Å². The van der Waals surface area contributed by atoms with Gasteiger partial charge < -0.3 is 24.7 Å². The number of rotatable bonds is 4. The van der Waals surface area contributed by atoms with Gasteiger partial charge in [0.05, 0.1) is 6.54 Å². The summed E-state index contributed by atoms with van der Waals surface area (Å²) in [4.78, 5) is 42.7. The van der Waals surface area contributed by atoms with Crippen LogP contribution in [0.15, 0.2) is 23.7 Å². The number of piperazine rings is 1. The highest BCUT2D eigenvalue weighted by Gasteiger charge is 2.40. The third-order valence-electron chi connectivity index (χ3n) is 7.65. The quantitative estimate of drug-likeness (QED) is 0.703. The van der Waals surface area contributed by atoms with Crippen LogP contribution in [0.2, 0.25) is 0 Å². The third kappa shape index (κ3) is 4.23. The van der Waals surface area contributed by atoms with Gasteiger partial charge in [-0.1, -0.05) is 0 Å². The fourth-order valence-corrected chi connectivity index (χ4v) is 5.63. The van der Waals surface area contributed by atoms with Crippen molar-refractivity contribution in [1.29, 1.82) is 0 Å². The predicted molar refractivity (Wildman–Crippen MR) is 130 cm³/mol. The number of aromatic nitrogens is 2. The highest BCUT2D eigenvalue weighted by molar-refractivity contribution is 5.98. The molecule has 10 heteroatoms. The molecular formula is C25H33FN6O3. The Hall–Kier alpha value is -3.17. The monoisotopic (exact) mass is 484 g/mol. The molecule has 1 unspecified atom stereocenters. The smallest absolute Gasteiger partial charge is 0.273 e. The van der Waals surface area contributed by atoms with Crippen molar-refractivity contribution in [2.45, 2.75) is 58.7 Å². The van der Waals surface area contributed by atoms with Crippen molar-refractivity contribution in [1.82, 2.24) is 19.8 Å². The number of hydrogen-bond acceptors (Lipinski definition) is 7. The van der Waals surface area contributed by atoms with Gasteiger partial charge in [-0.05, 0) is 45.3 Å². The average Bonchev–Trinajstić information content (AvgIpc) is 3.45. The number of amides is 2. The van der Waals surface area contributed by atoms with E-state index in [9.17, 15) is 19.1 Å². The second-order valence-electron chi connectivity index (χ2n) is 10.1. The fraction of sp³-hybridized carbons (Fsp3) is 0.600. The maximum absolute atomic E-state index is 14.2. The normalized spacial score (nSPS) is 24.8. The lowest BCUT2D eigenvalue weighted by molar-refractivity contribution is -0.129. The molecular weight excluding hydrogens is 451 g/mol. The molecule has 9 nitrogen and oxygen atoms in total. The molecule has 2 amide bonds. The van der Waals surface area contributed by atoms with Crippen molar-refractivity contribution < 1.29 is 19.1 Å². The minimum atomic E-state index is -0.578. The molecule has 4 aliphatic rings. The Kier molecular flexibility index (Phi) is 6.14. The van der Waals surface area contributed by atoms with Gasteiger partial charge in [-0.15, -0.1) is 0 Å². The summed E-state index contributed by atoms with van der Waals surface area (Å²) in [6.45, 7) is 9.16. The first kappa shape index (κ1) is 23.6. The van der Waals surface area contributed by atoms with Crippen LogP contribution >= 0.6 is 0 Å². The van der Waals surface area contributed by atoms with Gasteiger partial charge in [-0.2, -0.15) is 4.98 Å². The van der Waals surface area contributed by atoms with Crippen LogP contribution in [0.4, 0.5) is 16.2 Å². The zero-order chi connectivity index (χ0) is 24.9. The maximum Gasteiger partial charge on any atom is 0.273 e. The molecule has 0 radical (unpaired) electrons. The topological polar surface area (TPSA) is 93.1 Å². The average molecular weight is 485 g/mol. The van der Waals surface area contributed by atoms with Crippen LogP contribution in [0.3, 0.4) is 0 Å². The van der Waals surface area contributed by atoms with E-state index in [2.05, 4.69) is 4.90 Å². The third-order valence-corrected chi connectivity index (χ3v) is 7.65. The standard InChI is InChI=1S/C25H33FN6O3/c1-15(2)32-14-18-22(24(32)35)27-25(30-11-9-29(10-12-30)16(3)33)28-23(18)31-8-4-5-20(31)17-6-7-21(34)19(26)13-17/h7,13,15,17,20,34H,4-6,8-12,14H2,1-3H3/t17?,20-/m1/s1. The van der Waals surface area contributed by atoms with E-state index in [0.29, 0.717) is 50.8 Å². The number of carbonyl (C=O) groups is 2. The Morgan fingerprint density at radius 3 is 2.57 bits per heavy atom. The number of aliphatic hydroxyl groups excluding tert-OH is 1. The van der Waals surface area contributed by atoms with Crippen LogP contribution in [0.25, 0.3) is 0 Å². The predicted octanol–water partition coefficient (Wildman–Crippen LogP) is 2.79. The molecule has 1 aliphatic carbocycles. The van der Waals surface area contributed by atoms with Crippen LogP contribution in [0, 0.1) is 5.92 Å². The number of allylic oxidation sites excluding steroid dienone is 2. The summed E-state index contributed by atoms with van der Waals surface area (Å²) in [6, 6.07) is 0.0553. The molecule has 2 fully saturated rings. The second kappa shape index (κ2) is 9.13. The molecule has 35 heavy (non-hydrogen) atoms. The van der Waals surface area contributed by atoms with Gasteiger partial charge in [0.15, 0.2) is 5.83 Å². The van der Waals surface area contributed by atoms with Crippen LogP contribution in [-0.2, 0) is 11.3 Å². The van der Waals surface area contributed by atoms with E-state index in [1.807, 2.05) is 23.6 Å². The lowest BCUT2D eigenvalue weighted by atomic mass is 9.90. The summed E-state index contributed by atoms with van der Waals surface area (Å²) in [6.07, 6.45) is 5.46. The molecule has 1 aromatic rings. The molecule has 0 bridgehead atoms. The number of anilines is 2. The maximum atomic E-state index is 14.2. The number of fused-ring (bicyclic) bond motifs is 1. The Morgan fingerprint density at radius 2 is 1.91 bits per heavy atom.